The summed E-state index contributed by atoms with van der Waals surface area (Å²) in [5, 5.41) is 11.9. The van der Waals surface area contributed by atoms with Gasteiger partial charge in [0.05, 0.1) is 13.2 Å². The molecule has 2 aliphatic rings. The largest absolute Gasteiger partial charge is 0.409 e. The van der Waals surface area contributed by atoms with Crippen LogP contribution in [0.15, 0.2) is 5.16 Å². The zero-order valence-electron chi connectivity index (χ0n) is 9.89. The van der Waals surface area contributed by atoms with Crippen molar-refractivity contribution in [1.29, 1.82) is 0 Å². The van der Waals surface area contributed by atoms with Crippen LogP contribution in [-0.2, 0) is 9.53 Å². The van der Waals surface area contributed by atoms with Crippen molar-refractivity contribution in [2.45, 2.75) is 25.7 Å². The Balaban J connectivity index is 2.18. The summed E-state index contributed by atoms with van der Waals surface area (Å²) in [6.45, 7) is 2.33. The van der Waals surface area contributed by atoms with Gasteiger partial charge in [-0.05, 0) is 12.8 Å². The minimum absolute atomic E-state index is 0.00593. The number of amides is 1. The molecule has 2 fully saturated rings. The summed E-state index contributed by atoms with van der Waals surface area (Å²) >= 11 is 0. The van der Waals surface area contributed by atoms with Crippen molar-refractivity contribution >= 4 is 11.7 Å². The van der Waals surface area contributed by atoms with Gasteiger partial charge in [0, 0.05) is 13.1 Å². The topological polar surface area (TPSA) is 88.2 Å². The van der Waals surface area contributed by atoms with Gasteiger partial charge >= 0.3 is 0 Å². The highest BCUT2D eigenvalue weighted by atomic mass is 16.5. The lowest BCUT2D eigenvalue weighted by molar-refractivity contribution is -0.142. The highest BCUT2D eigenvalue weighted by Gasteiger charge is 2.47. The quantitative estimate of drug-likeness (QED) is 0.312. The third-order valence-electron chi connectivity index (χ3n) is 3.76. The highest BCUT2D eigenvalue weighted by Crippen LogP contribution is 2.40. The molecule has 1 aliphatic carbocycles. The van der Waals surface area contributed by atoms with Gasteiger partial charge in [-0.15, -0.1) is 0 Å². The Hall–Kier alpha value is -1.30. The van der Waals surface area contributed by atoms with Crippen LogP contribution in [0.25, 0.3) is 0 Å². The molecule has 0 aromatic rings. The maximum atomic E-state index is 12.5. The molecule has 1 amide bonds. The van der Waals surface area contributed by atoms with Crippen molar-refractivity contribution in [3.05, 3.63) is 0 Å². The van der Waals surface area contributed by atoms with E-state index in [1.54, 1.807) is 4.90 Å². The number of hydrogen-bond acceptors (Lipinski definition) is 4. The van der Waals surface area contributed by atoms with Crippen LogP contribution < -0.4 is 5.73 Å². The summed E-state index contributed by atoms with van der Waals surface area (Å²) in [6.07, 6.45) is 3.26. The van der Waals surface area contributed by atoms with Crippen LogP contribution in [0.5, 0.6) is 0 Å². The molecule has 0 bridgehead atoms. The van der Waals surface area contributed by atoms with E-state index in [1.165, 1.54) is 0 Å². The molecule has 0 radical (unpaired) electrons. The van der Waals surface area contributed by atoms with Crippen molar-refractivity contribution in [2.24, 2.45) is 16.3 Å². The van der Waals surface area contributed by atoms with Gasteiger partial charge in [0.15, 0.2) is 5.84 Å². The predicted molar refractivity (Wildman–Crippen MR) is 61.7 cm³/mol. The summed E-state index contributed by atoms with van der Waals surface area (Å²) in [7, 11) is 0. The number of oxime groups is 1. The summed E-state index contributed by atoms with van der Waals surface area (Å²) < 4.78 is 5.23. The molecule has 1 saturated heterocycles. The van der Waals surface area contributed by atoms with E-state index in [2.05, 4.69) is 5.16 Å². The molecule has 6 heteroatoms. The van der Waals surface area contributed by atoms with Gasteiger partial charge in [-0.25, -0.2) is 0 Å². The molecule has 0 spiro atoms. The lowest BCUT2D eigenvalue weighted by Gasteiger charge is -2.35. The Morgan fingerprint density at radius 2 is 1.88 bits per heavy atom. The number of carbonyl (C=O) groups excluding carboxylic acids is 1. The van der Waals surface area contributed by atoms with E-state index in [1.807, 2.05) is 0 Å². The number of rotatable bonds is 2. The van der Waals surface area contributed by atoms with E-state index in [4.69, 9.17) is 15.7 Å². The van der Waals surface area contributed by atoms with E-state index < -0.39 is 5.41 Å². The van der Waals surface area contributed by atoms with Crippen LogP contribution in [0.4, 0.5) is 0 Å². The van der Waals surface area contributed by atoms with Crippen LogP contribution in [0, 0.1) is 5.41 Å². The molecule has 6 nitrogen and oxygen atoms in total. The number of carbonyl (C=O) groups is 1. The fourth-order valence-corrected chi connectivity index (χ4v) is 2.72. The average Bonchev–Trinajstić information content (AvgIpc) is 2.88. The van der Waals surface area contributed by atoms with Gasteiger partial charge in [-0.2, -0.15) is 0 Å². The Morgan fingerprint density at radius 3 is 2.41 bits per heavy atom. The molecule has 3 N–H and O–H groups in total. The second-order valence-electron chi connectivity index (χ2n) is 4.68. The Morgan fingerprint density at radius 1 is 1.29 bits per heavy atom. The number of hydrogen-bond donors (Lipinski definition) is 2. The summed E-state index contributed by atoms with van der Waals surface area (Å²) in [5.74, 6) is 0.0556. The first-order chi connectivity index (χ1) is 8.20. The van der Waals surface area contributed by atoms with Crippen LogP contribution >= 0.6 is 0 Å². The first-order valence-electron chi connectivity index (χ1n) is 6.06. The third-order valence-corrected chi connectivity index (χ3v) is 3.76. The molecule has 1 saturated carbocycles. The zero-order chi connectivity index (χ0) is 12.3. The third kappa shape index (κ3) is 2.09. The fraction of sp³-hybridized carbons (Fsp3) is 0.818. The number of morpholine rings is 1. The van der Waals surface area contributed by atoms with Crippen molar-refractivity contribution in [3.63, 3.8) is 0 Å². The molecule has 0 unspecified atom stereocenters. The Bertz CT molecular complexity index is 318. The van der Waals surface area contributed by atoms with Crippen LogP contribution in [-0.4, -0.2) is 48.2 Å². The number of nitrogens with two attached hydrogens (primary N) is 1. The molecule has 0 aromatic heterocycles. The number of ether oxygens (including phenoxy) is 1. The van der Waals surface area contributed by atoms with Crippen molar-refractivity contribution in [2.75, 3.05) is 26.3 Å². The lowest BCUT2D eigenvalue weighted by Crippen LogP contribution is -2.53. The first-order valence-corrected chi connectivity index (χ1v) is 6.06. The van der Waals surface area contributed by atoms with E-state index in [-0.39, 0.29) is 11.7 Å². The van der Waals surface area contributed by atoms with E-state index in [9.17, 15) is 4.79 Å². The predicted octanol–water partition coefficient (Wildman–Crippen LogP) is 0.152. The number of amidine groups is 1. The van der Waals surface area contributed by atoms with Crippen LogP contribution in [0.2, 0.25) is 0 Å². The second kappa shape index (κ2) is 4.91. The molecular weight excluding hydrogens is 222 g/mol. The standard InChI is InChI=1S/C11H19N3O3/c12-9(13-16)11(3-1-2-4-11)10(15)14-5-7-17-8-6-14/h16H,1-8H2,(H2,12,13). The van der Waals surface area contributed by atoms with Crippen LogP contribution in [0.1, 0.15) is 25.7 Å². The fourth-order valence-electron chi connectivity index (χ4n) is 2.72. The van der Waals surface area contributed by atoms with Crippen molar-refractivity contribution in [1.82, 2.24) is 4.90 Å². The van der Waals surface area contributed by atoms with E-state index in [0.717, 1.165) is 12.8 Å². The Labute approximate surface area is 100 Å². The van der Waals surface area contributed by atoms with Gasteiger partial charge in [0.25, 0.3) is 0 Å². The average molecular weight is 241 g/mol. The molecule has 1 heterocycles. The maximum Gasteiger partial charge on any atom is 0.236 e. The van der Waals surface area contributed by atoms with E-state index >= 15 is 0 Å². The zero-order valence-corrected chi connectivity index (χ0v) is 9.89. The normalized spacial score (nSPS) is 24.9. The van der Waals surface area contributed by atoms with Crippen molar-refractivity contribution in [3.8, 4) is 0 Å². The molecule has 96 valence electrons. The van der Waals surface area contributed by atoms with Gasteiger partial charge in [-0.3, -0.25) is 4.79 Å². The van der Waals surface area contributed by atoms with Gasteiger partial charge < -0.3 is 20.6 Å². The van der Waals surface area contributed by atoms with E-state index in [0.29, 0.717) is 39.1 Å². The van der Waals surface area contributed by atoms with Gasteiger partial charge in [0.2, 0.25) is 5.91 Å². The molecular formula is C11H19N3O3. The minimum Gasteiger partial charge on any atom is -0.409 e. The van der Waals surface area contributed by atoms with Crippen molar-refractivity contribution < 1.29 is 14.7 Å². The number of nitrogens with zero attached hydrogens (tertiary/aromatic N) is 2. The molecule has 0 aromatic carbocycles. The Kier molecular flexibility index (Phi) is 3.51. The highest BCUT2D eigenvalue weighted by molar-refractivity contribution is 6.07. The smallest absolute Gasteiger partial charge is 0.236 e. The minimum atomic E-state index is -0.772. The SMILES string of the molecule is N/C(=N/O)C1(C(=O)N2CCOCC2)CCCC1. The lowest BCUT2D eigenvalue weighted by atomic mass is 9.83. The first kappa shape index (κ1) is 12.2. The molecule has 1 aliphatic heterocycles. The molecule has 0 atom stereocenters. The van der Waals surface area contributed by atoms with Crippen LogP contribution in [0.3, 0.4) is 0 Å². The monoisotopic (exact) mass is 241 g/mol. The molecule has 17 heavy (non-hydrogen) atoms. The maximum absolute atomic E-state index is 12.5. The summed E-state index contributed by atoms with van der Waals surface area (Å²) in [5.41, 5.74) is 4.97. The van der Waals surface area contributed by atoms with Gasteiger partial charge in [-0.1, -0.05) is 18.0 Å². The summed E-state index contributed by atoms with van der Waals surface area (Å²) in [4.78, 5) is 14.3. The summed E-state index contributed by atoms with van der Waals surface area (Å²) in [6, 6.07) is 0. The molecule has 2 rings (SSSR count). The van der Waals surface area contributed by atoms with Gasteiger partial charge in [0.1, 0.15) is 5.41 Å². The second-order valence-corrected chi connectivity index (χ2v) is 4.68.